The zero-order valence-electron chi connectivity index (χ0n) is 17.8. The molecule has 1 N–H and O–H groups in total. The topological polar surface area (TPSA) is 46.2 Å². The predicted octanol–water partition coefficient (Wildman–Crippen LogP) is 5.18. The number of nitrogens with one attached hydrogen (secondary N) is 1. The molecule has 3 nitrogen and oxygen atoms in total. The Labute approximate surface area is 169 Å². The van der Waals surface area contributed by atoms with E-state index in [1.165, 1.54) is 32.1 Å². The standard InChI is InChI=1S/C23H37NO2S/c1-21(2,3)24-20(26)17-8-7-15-14-6-9-18-23(5,13-11-19(25)27-18)16(14)10-12-22(15,17)4/h14-18H,6-13H2,1-5H3,(H,24,26)/t14-,15-,16+,17?,18?,22-,23+/m0/s1. The van der Waals surface area contributed by atoms with Crippen LogP contribution in [0, 0.1) is 34.5 Å². The molecule has 7 atom stereocenters. The van der Waals surface area contributed by atoms with Crippen molar-refractivity contribution in [1.82, 2.24) is 5.32 Å². The predicted molar refractivity (Wildman–Crippen MR) is 111 cm³/mol. The highest BCUT2D eigenvalue weighted by molar-refractivity contribution is 8.14. The highest BCUT2D eigenvalue weighted by Crippen LogP contribution is 2.67. The number of carbonyl (C=O) groups excluding carboxylic acids is 2. The number of hydrogen-bond donors (Lipinski definition) is 1. The zero-order valence-corrected chi connectivity index (χ0v) is 18.6. The van der Waals surface area contributed by atoms with Crippen LogP contribution in [0.5, 0.6) is 0 Å². The van der Waals surface area contributed by atoms with Crippen molar-refractivity contribution < 1.29 is 9.59 Å². The van der Waals surface area contributed by atoms with Crippen molar-refractivity contribution in [3.05, 3.63) is 0 Å². The van der Waals surface area contributed by atoms with E-state index in [9.17, 15) is 9.59 Å². The van der Waals surface area contributed by atoms with Crippen LogP contribution < -0.4 is 5.32 Å². The van der Waals surface area contributed by atoms with Gasteiger partial charge in [-0.1, -0.05) is 25.6 Å². The molecule has 0 aromatic heterocycles. The van der Waals surface area contributed by atoms with E-state index in [0.29, 0.717) is 21.7 Å². The van der Waals surface area contributed by atoms with Gasteiger partial charge in [-0.3, -0.25) is 9.59 Å². The Morgan fingerprint density at radius 1 is 1.00 bits per heavy atom. The first-order valence-electron chi connectivity index (χ1n) is 11.1. The van der Waals surface area contributed by atoms with Crippen LogP contribution in [0.2, 0.25) is 0 Å². The van der Waals surface area contributed by atoms with Gasteiger partial charge in [-0.15, -0.1) is 0 Å². The van der Waals surface area contributed by atoms with Gasteiger partial charge in [0.15, 0.2) is 5.12 Å². The molecule has 1 aliphatic heterocycles. The average molecular weight is 392 g/mol. The summed E-state index contributed by atoms with van der Waals surface area (Å²) in [6, 6.07) is 0. The van der Waals surface area contributed by atoms with E-state index in [-0.39, 0.29) is 22.8 Å². The second kappa shape index (κ2) is 6.50. The highest BCUT2D eigenvalue weighted by Gasteiger charge is 2.61. The smallest absolute Gasteiger partial charge is 0.224 e. The van der Waals surface area contributed by atoms with Crippen molar-refractivity contribution in [3.8, 4) is 0 Å². The Bertz CT molecular complexity index is 641. The first-order chi connectivity index (χ1) is 12.5. The molecule has 4 heteroatoms. The van der Waals surface area contributed by atoms with Gasteiger partial charge in [0, 0.05) is 23.1 Å². The number of hydrogen-bond acceptors (Lipinski definition) is 3. The van der Waals surface area contributed by atoms with Crippen molar-refractivity contribution in [1.29, 1.82) is 0 Å². The molecular formula is C23H37NO2S. The number of fused-ring (bicyclic) bond motifs is 5. The lowest BCUT2D eigenvalue weighted by Gasteiger charge is -2.59. The summed E-state index contributed by atoms with van der Waals surface area (Å²) in [6.07, 6.45) is 9.01. The molecule has 4 aliphatic rings. The van der Waals surface area contributed by atoms with E-state index in [4.69, 9.17) is 0 Å². The number of thioether (sulfide) groups is 1. The Morgan fingerprint density at radius 3 is 2.41 bits per heavy atom. The molecule has 0 spiro atoms. The van der Waals surface area contributed by atoms with Gasteiger partial charge in [0.2, 0.25) is 5.91 Å². The minimum absolute atomic E-state index is 0.153. The van der Waals surface area contributed by atoms with Crippen LogP contribution in [0.4, 0.5) is 0 Å². The molecule has 0 aromatic rings. The summed E-state index contributed by atoms with van der Waals surface area (Å²) in [7, 11) is 0. The number of rotatable bonds is 1. The second-order valence-electron chi connectivity index (χ2n) is 11.4. The first-order valence-corrected chi connectivity index (χ1v) is 11.9. The summed E-state index contributed by atoms with van der Waals surface area (Å²) in [5.74, 6) is 2.65. The van der Waals surface area contributed by atoms with E-state index >= 15 is 0 Å². The Kier molecular flexibility index (Phi) is 4.77. The Morgan fingerprint density at radius 2 is 1.70 bits per heavy atom. The highest BCUT2D eigenvalue weighted by atomic mass is 32.2. The van der Waals surface area contributed by atoms with Gasteiger partial charge in [-0.25, -0.2) is 0 Å². The molecule has 2 unspecified atom stereocenters. The van der Waals surface area contributed by atoms with Crippen molar-refractivity contribution in [3.63, 3.8) is 0 Å². The molecule has 4 fully saturated rings. The average Bonchev–Trinajstić information content (AvgIpc) is 2.91. The lowest BCUT2D eigenvalue weighted by molar-refractivity contribution is -0.134. The molecule has 0 radical (unpaired) electrons. The molecule has 0 aromatic carbocycles. The molecule has 1 saturated heterocycles. The lowest BCUT2D eigenvalue weighted by Crippen LogP contribution is -2.55. The molecule has 3 saturated carbocycles. The van der Waals surface area contributed by atoms with Crippen LogP contribution in [0.1, 0.15) is 86.0 Å². The molecule has 152 valence electrons. The van der Waals surface area contributed by atoms with Gasteiger partial charge in [0.25, 0.3) is 0 Å². The largest absolute Gasteiger partial charge is 0.351 e. The second-order valence-corrected chi connectivity index (χ2v) is 12.6. The van der Waals surface area contributed by atoms with Crippen LogP contribution in [-0.4, -0.2) is 21.8 Å². The van der Waals surface area contributed by atoms with Gasteiger partial charge in [0.1, 0.15) is 0 Å². The lowest BCUT2D eigenvalue weighted by atomic mass is 9.48. The van der Waals surface area contributed by atoms with E-state index in [1.54, 1.807) is 11.8 Å². The fourth-order valence-corrected chi connectivity index (χ4v) is 8.79. The summed E-state index contributed by atoms with van der Waals surface area (Å²) in [6.45, 7) is 11.2. The monoisotopic (exact) mass is 391 g/mol. The van der Waals surface area contributed by atoms with Crippen LogP contribution in [0.3, 0.4) is 0 Å². The molecular weight excluding hydrogens is 354 g/mol. The van der Waals surface area contributed by atoms with Crippen LogP contribution in [0.15, 0.2) is 0 Å². The van der Waals surface area contributed by atoms with Gasteiger partial charge < -0.3 is 5.32 Å². The third-order valence-electron chi connectivity index (χ3n) is 8.74. The third kappa shape index (κ3) is 3.18. The summed E-state index contributed by atoms with van der Waals surface area (Å²) in [5.41, 5.74) is 0.339. The fraction of sp³-hybridized carbons (Fsp3) is 0.913. The van der Waals surface area contributed by atoms with Crippen molar-refractivity contribution in [2.45, 2.75) is 96.8 Å². The van der Waals surface area contributed by atoms with Crippen LogP contribution in [-0.2, 0) is 9.59 Å². The number of carbonyl (C=O) groups is 2. The van der Waals surface area contributed by atoms with Crippen molar-refractivity contribution in [2.24, 2.45) is 34.5 Å². The van der Waals surface area contributed by atoms with Crippen molar-refractivity contribution >= 4 is 22.8 Å². The summed E-state index contributed by atoms with van der Waals surface area (Å²) >= 11 is 1.66. The van der Waals surface area contributed by atoms with Gasteiger partial charge in [-0.2, -0.15) is 0 Å². The minimum Gasteiger partial charge on any atom is -0.351 e. The third-order valence-corrected chi connectivity index (χ3v) is 10.3. The number of amides is 1. The quantitative estimate of drug-likeness (QED) is 0.670. The summed E-state index contributed by atoms with van der Waals surface area (Å²) < 4.78 is 0. The van der Waals surface area contributed by atoms with E-state index in [2.05, 4.69) is 39.9 Å². The minimum atomic E-state index is -0.153. The zero-order chi connectivity index (χ0) is 19.6. The maximum atomic E-state index is 13.1. The molecule has 3 aliphatic carbocycles. The molecule has 1 amide bonds. The maximum Gasteiger partial charge on any atom is 0.224 e. The van der Waals surface area contributed by atoms with Crippen LogP contribution >= 0.6 is 11.8 Å². The summed E-state index contributed by atoms with van der Waals surface area (Å²) in [4.78, 5) is 25.1. The Balaban J connectivity index is 1.55. The van der Waals surface area contributed by atoms with Crippen molar-refractivity contribution in [2.75, 3.05) is 0 Å². The van der Waals surface area contributed by atoms with E-state index < -0.39 is 0 Å². The molecule has 27 heavy (non-hydrogen) atoms. The molecule has 0 bridgehead atoms. The molecule has 4 rings (SSSR count). The molecule has 1 heterocycles. The first kappa shape index (κ1) is 19.8. The maximum absolute atomic E-state index is 13.1. The SMILES string of the molecule is CC(C)(C)NC(=O)C1CC[C@H]2[C@@H]3CCC4SC(=O)CC[C@]4(C)[C@@H]3CC[C@]12C. The van der Waals surface area contributed by atoms with E-state index in [1.807, 2.05) is 0 Å². The Hall–Kier alpha value is -0.510. The fourth-order valence-electron chi connectivity index (χ4n) is 7.44. The van der Waals surface area contributed by atoms with Gasteiger partial charge in [-0.05, 0) is 94.3 Å². The van der Waals surface area contributed by atoms with Gasteiger partial charge in [0.05, 0.1) is 0 Å². The van der Waals surface area contributed by atoms with Crippen LogP contribution in [0.25, 0.3) is 0 Å². The van der Waals surface area contributed by atoms with Gasteiger partial charge >= 0.3 is 0 Å². The summed E-state index contributed by atoms with van der Waals surface area (Å²) in [5, 5.41) is 4.22. The normalized spacial score (nSPS) is 47.0. The van der Waals surface area contributed by atoms with E-state index in [0.717, 1.165) is 31.1 Å².